The number of likely N-dealkylation sites (tertiary alicyclic amines) is 1. The maximum atomic E-state index is 14.3. The Morgan fingerprint density at radius 3 is 2.21 bits per heavy atom. The summed E-state index contributed by atoms with van der Waals surface area (Å²) in [5.41, 5.74) is 1.85. The van der Waals surface area contributed by atoms with Crippen LogP contribution in [0.25, 0.3) is 11.1 Å². The van der Waals surface area contributed by atoms with Gasteiger partial charge in [0, 0.05) is 12.1 Å². The van der Waals surface area contributed by atoms with Gasteiger partial charge in [-0.25, -0.2) is 9.18 Å². The van der Waals surface area contributed by atoms with Gasteiger partial charge in [-0.1, -0.05) is 42.5 Å². The van der Waals surface area contributed by atoms with Crippen molar-refractivity contribution in [3.05, 3.63) is 60.2 Å². The van der Waals surface area contributed by atoms with E-state index >= 15 is 0 Å². The van der Waals surface area contributed by atoms with Crippen LogP contribution in [0.4, 0.5) is 9.18 Å². The number of ether oxygens (including phenoxy) is 1. The molecule has 1 heterocycles. The van der Waals surface area contributed by atoms with Gasteiger partial charge >= 0.3 is 6.09 Å². The van der Waals surface area contributed by atoms with Crippen LogP contribution in [0.1, 0.15) is 31.1 Å². The molecule has 1 aliphatic heterocycles. The van der Waals surface area contributed by atoms with Crippen molar-refractivity contribution >= 4 is 12.0 Å². The van der Waals surface area contributed by atoms with E-state index in [0.29, 0.717) is 5.56 Å². The van der Waals surface area contributed by atoms with Crippen molar-refractivity contribution < 1.29 is 18.7 Å². The summed E-state index contributed by atoms with van der Waals surface area (Å²) < 4.78 is 19.6. The zero-order valence-electron chi connectivity index (χ0n) is 16.3. The molecule has 0 aliphatic carbocycles. The standard InChI is InChI=1S/C22H25FN2O3/c1-22(2,3)28-21(27)25-13-18(23)19(14-25)24-20(26)17-11-9-16(10-12-17)15-7-5-4-6-8-15/h4-12,18-19H,13-14H2,1-3H3,(H,24,26). The minimum Gasteiger partial charge on any atom is -0.444 e. The van der Waals surface area contributed by atoms with E-state index in [0.717, 1.165) is 11.1 Å². The van der Waals surface area contributed by atoms with E-state index in [1.165, 1.54) is 4.90 Å². The van der Waals surface area contributed by atoms with Crippen molar-refractivity contribution in [1.82, 2.24) is 10.2 Å². The van der Waals surface area contributed by atoms with Gasteiger partial charge in [-0.05, 0) is 44.0 Å². The summed E-state index contributed by atoms with van der Waals surface area (Å²) in [7, 11) is 0. The Kier molecular flexibility index (Phi) is 5.68. The average molecular weight is 384 g/mol. The number of carbonyl (C=O) groups excluding carboxylic acids is 2. The summed E-state index contributed by atoms with van der Waals surface area (Å²) in [5.74, 6) is -0.363. The molecule has 0 bridgehead atoms. The van der Waals surface area contributed by atoms with Gasteiger partial charge in [-0.3, -0.25) is 4.79 Å². The van der Waals surface area contributed by atoms with Crippen LogP contribution in [0.5, 0.6) is 0 Å². The van der Waals surface area contributed by atoms with Gasteiger partial charge in [0.05, 0.1) is 12.6 Å². The molecule has 2 aromatic carbocycles. The van der Waals surface area contributed by atoms with E-state index in [1.54, 1.807) is 32.9 Å². The number of benzene rings is 2. The van der Waals surface area contributed by atoms with Crippen molar-refractivity contribution in [1.29, 1.82) is 0 Å². The van der Waals surface area contributed by atoms with Gasteiger partial charge in [0.2, 0.25) is 0 Å². The molecule has 0 saturated carbocycles. The van der Waals surface area contributed by atoms with Crippen LogP contribution in [0.2, 0.25) is 0 Å². The molecule has 5 nitrogen and oxygen atoms in total. The molecule has 1 aliphatic rings. The van der Waals surface area contributed by atoms with E-state index in [9.17, 15) is 14.0 Å². The molecule has 0 aromatic heterocycles. The zero-order valence-corrected chi connectivity index (χ0v) is 16.3. The van der Waals surface area contributed by atoms with Crippen LogP contribution in [0.3, 0.4) is 0 Å². The van der Waals surface area contributed by atoms with E-state index in [-0.39, 0.29) is 19.0 Å². The largest absolute Gasteiger partial charge is 0.444 e. The number of carbonyl (C=O) groups is 2. The summed E-state index contributed by atoms with van der Waals surface area (Å²) in [6.07, 6.45) is -1.90. The fraction of sp³-hybridized carbons (Fsp3) is 0.364. The number of halogens is 1. The Morgan fingerprint density at radius 1 is 1.00 bits per heavy atom. The molecule has 3 rings (SSSR count). The average Bonchev–Trinajstić information content (AvgIpc) is 3.02. The number of nitrogens with one attached hydrogen (secondary N) is 1. The van der Waals surface area contributed by atoms with Crippen LogP contribution in [0.15, 0.2) is 54.6 Å². The van der Waals surface area contributed by atoms with Gasteiger partial charge in [-0.15, -0.1) is 0 Å². The lowest BCUT2D eigenvalue weighted by molar-refractivity contribution is 0.0281. The van der Waals surface area contributed by atoms with E-state index in [4.69, 9.17) is 4.74 Å². The summed E-state index contributed by atoms with van der Waals surface area (Å²) in [6.45, 7) is 5.27. The highest BCUT2D eigenvalue weighted by molar-refractivity contribution is 5.95. The highest BCUT2D eigenvalue weighted by Gasteiger charge is 2.38. The number of amides is 2. The number of rotatable bonds is 3. The second-order valence-corrected chi connectivity index (χ2v) is 7.92. The first-order valence-electron chi connectivity index (χ1n) is 9.31. The lowest BCUT2D eigenvalue weighted by atomic mass is 10.0. The Hall–Kier alpha value is -2.89. The molecule has 2 aromatic rings. The number of hydrogen-bond acceptors (Lipinski definition) is 3. The smallest absolute Gasteiger partial charge is 0.410 e. The summed E-state index contributed by atoms with van der Waals surface area (Å²) >= 11 is 0. The van der Waals surface area contributed by atoms with Crippen LogP contribution < -0.4 is 5.32 Å². The third-order valence-electron chi connectivity index (χ3n) is 4.47. The third-order valence-corrected chi connectivity index (χ3v) is 4.47. The number of nitrogens with zero attached hydrogens (tertiary/aromatic N) is 1. The fourth-order valence-corrected chi connectivity index (χ4v) is 3.07. The van der Waals surface area contributed by atoms with E-state index in [2.05, 4.69) is 5.32 Å². The molecule has 6 heteroatoms. The predicted octanol–water partition coefficient (Wildman–Crippen LogP) is 4.04. The SMILES string of the molecule is CC(C)(C)OC(=O)N1CC(F)C(NC(=O)c2ccc(-c3ccccc3)cc2)C1. The zero-order chi connectivity index (χ0) is 20.3. The Bertz CT molecular complexity index is 831. The highest BCUT2D eigenvalue weighted by Crippen LogP contribution is 2.21. The summed E-state index contributed by atoms with van der Waals surface area (Å²) in [4.78, 5) is 25.9. The molecule has 0 radical (unpaired) electrons. The van der Waals surface area contributed by atoms with Crippen molar-refractivity contribution in [3.63, 3.8) is 0 Å². The van der Waals surface area contributed by atoms with E-state index < -0.39 is 23.9 Å². The molecule has 2 atom stereocenters. The van der Waals surface area contributed by atoms with Crippen molar-refractivity contribution in [2.24, 2.45) is 0 Å². The van der Waals surface area contributed by atoms with Crippen LogP contribution in [-0.4, -0.2) is 47.8 Å². The maximum Gasteiger partial charge on any atom is 0.410 e. The monoisotopic (exact) mass is 384 g/mol. The molecule has 0 spiro atoms. The first kappa shape index (κ1) is 19.9. The van der Waals surface area contributed by atoms with Crippen molar-refractivity contribution in [2.75, 3.05) is 13.1 Å². The van der Waals surface area contributed by atoms with Crippen LogP contribution >= 0.6 is 0 Å². The van der Waals surface area contributed by atoms with Gasteiger partial charge < -0.3 is 15.0 Å². The highest BCUT2D eigenvalue weighted by atomic mass is 19.1. The molecule has 1 fully saturated rings. The quantitative estimate of drug-likeness (QED) is 0.869. The predicted molar refractivity (Wildman–Crippen MR) is 106 cm³/mol. The summed E-state index contributed by atoms with van der Waals surface area (Å²) in [5, 5.41) is 2.69. The molecule has 1 saturated heterocycles. The second-order valence-electron chi connectivity index (χ2n) is 7.92. The topological polar surface area (TPSA) is 58.6 Å². The lowest BCUT2D eigenvalue weighted by Gasteiger charge is -2.24. The molecule has 1 N–H and O–H groups in total. The molecular weight excluding hydrogens is 359 g/mol. The van der Waals surface area contributed by atoms with Gasteiger partial charge in [-0.2, -0.15) is 0 Å². The molecule has 2 amide bonds. The van der Waals surface area contributed by atoms with Crippen molar-refractivity contribution in [3.8, 4) is 11.1 Å². The molecule has 28 heavy (non-hydrogen) atoms. The van der Waals surface area contributed by atoms with E-state index in [1.807, 2.05) is 42.5 Å². The van der Waals surface area contributed by atoms with Crippen LogP contribution in [-0.2, 0) is 4.74 Å². The minimum atomic E-state index is -1.33. The normalized spacial score (nSPS) is 19.4. The Morgan fingerprint density at radius 2 is 1.61 bits per heavy atom. The number of hydrogen-bond donors (Lipinski definition) is 1. The Labute approximate surface area is 164 Å². The third kappa shape index (κ3) is 4.88. The molecule has 148 valence electrons. The number of alkyl halides is 1. The van der Waals surface area contributed by atoms with Gasteiger partial charge in [0.25, 0.3) is 5.91 Å². The molecular formula is C22H25FN2O3. The second kappa shape index (κ2) is 8.00. The van der Waals surface area contributed by atoms with Crippen LogP contribution in [0, 0.1) is 0 Å². The first-order valence-corrected chi connectivity index (χ1v) is 9.31. The minimum absolute atomic E-state index is 0.0872. The maximum absolute atomic E-state index is 14.3. The molecule has 2 unspecified atom stereocenters. The van der Waals surface area contributed by atoms with Gasteiger partial charge in [0.15, 0.2) is 0 Å². The van der Waals surface area contributed by atoms with Crippen molar-refractivity contribution in [2.45, 2.75) is 38.6 Å². The lowest BCUT2D eigenvalue weighted by Crippen LogP contribution is -2.42. The fourth-order valence-electron chi connectivity index (χ4n) is 3.07. The summed E-state index contributed by atoms with van der Waals surface area (Å²) in [6, 6.07) is 16.2. The Balaban J connectivity index is 1.61. The van der Waals surface area contributed by atoms with Gasteiger partial charge in [0.1, 0.15) is 11.8 Å². The first-order chi connectivity index (χ1) is 13.2.